The summed E-state index contributed by atoms with van der Waals surface area (Å²) < 4.78 is 5.40. The normalized spacial score (nSPS) is 22.9. The van der Waals surface area contributed by atoms with E-state index in [2.05, 4.69) is 5.32 Å². The van der Waals surface area contributed by atoms with Crippen molar-refractivity contribution in [2.75, 3.05) is 11.9 Å². The van der Waals surface area contributed by atoms with Crippen LogP contribution in [0, 0.1) is 17.8 Å². The summed E-state index contributed by atoms with van der Waals surface area (Å²) in [5.74, 6) is -3.99. The lowest BCUT2D eigenvalue weighted by molar-refractivity contribution is -0.162. The molecule has 1 N–H and O–H groups in total. The van der Waals surface area contributed by atoms with Gasteiger partial charge < -0.3 is 10.1 Å². The molecule has 1 saturated heterocycles. The molecule has 0 radical (unpaired) electrons. The van der Waals surface area contributed by atoms with Crippen LogP contribution in [0.2, 0.25) is 0 Å². The number of rotatable bonds is 7. The van der Waals surface area contributed by atoms with Gasteiger partial charge in [-0.05, 0) is 52.3 Å². The average Bonchev–Trinajstić information content (AvgIpc) is 3.22. The number of benzene rings is 3. The lowest BCUT2D eigenvalue weighted by Crippen LogP contribution is -2.49. The lowest BCUT2D eigenvalue weighted by Gasteiger charge is -2.45. The summed E-state index contributed by atoms with van der Waals surface area (Å²) >= 11 is 0. The van der Waals surface area contributed by atoms with Crippen molar-refractivity contribution in [2.45, 2.75) is 45.1 Å². The van der Waals surface area contributed by atoms with Crippen molar-refractivity contribution < 1.29 is 23.9 Å². The molecular weight excluding hydrogens is 504 g/mol. The molecule has 7 nitrogen and oxygen atoms in total. The van der Waals surface area contributed by atoms with E-state index in [9.17, 15) is 19.2 Å². The Hall–Kier alpha value is -4.26. The van der Waals surface area contributed by atoms with Crippen molar-refractivity contribution in [1.82, 2.24) is 4.90 Å². The maximum absolute atomic E-state index is 14.1. The highest BCUT2D eigenvalue weighted by atomic mass is 16.5. The molecule has 0 saturated carbocycles. The van der Waals surface area contributed by atoms with Gasteiger partial charge in [-0.3, -0.25) is 19.3 Å². The fraction of sp³-hybridized carbons (Fsp3) is 0.333. The number of carbonyl (C=O) groups excluding carboxylic acids is 4. The number of nitrogens with one attached hydrogen (secondary N) is 1. The first kappa shape index (κ1) is 26.0. The highest BCUT2D eigenvalue weighted by Crippen LogP contribution is 2.61. The van der Waals surface area contributed by atoms with E-state index in [1.807, 2.05) is 67.6 Å². The molecule has 3 amide bonds. The number of nitrogens with zero attached hydrogens (tertiary/aromatic N) is 1. The minimum Gasteiger partial charge on any atom is -0.454 e. The SMILES string of the molecule is CCc1ccc(NC(=O)COC(=O)[C@@H](C(C)C)N2C(=O)[C@@H]3C4c5ccccc5C(c5ccccc54)[C@@H]3C2=O)cc1. The molecule has 2 bridgehead atoms. The van der Waals surface area contributed by atoms with E-state index in [4.69, 9.17) is 4.74 Å². The summed E-state index contributed by atoms with van der Waals surface area (Å²) in [6.07, 6.45) is 0.887. The highest BCUT2D eigenvalue weighted by molar-refractivity contribution is 6.10. The van der Waals surface area contributed by atoms with Crippen LogP contribution in [-0.4, -0.2) is 41.2 Å². The maximum atomic E-state index is 14.1. The van der Waals surface area contributed by atoms with Crippen LogP contribution in [0.5, 0.6) is 0 Å². The Labute approximate surface area is 233 Å². The van der Waals surface area contributed by atoms with Gasteiger partial charge >= 0.3 is 5.97 Å². The molecule has 0 spiro atoms. The van der Waals surface area contributed by atoms with Gasteiger partial charge in [-0.15, -0.1) is 0 Å². The monoisotopic (exact) mass is 536 g/mol. The molecular formula is C33H32N2O5. The van der Waals surface area contributed by atoms with Crippen LogP contribution in [0.25, 0.3) is 0 Å². The standard InChI is InChI=1S/C33H32N2O5/c1-4-19-13-15-20(16-14-19)34-25(36)17-40-33(39)30(18(2)3)35-31(37)28-26-21-9-5-6-10-22(21)27(29(28)32(35)38)24-12-8-7-11-23(24)26/h5-16,18,26-30H,4,17H2,1-3H3,(H,34,36)/t26?,27?,28-,29+,30-/m1/s1. The van der Waals surface area contributed by atoms with E-state index in [1.54, 1.807) is 26.0 Å². The quantitative estimate of drug-likeness (QED) is 0.351. The molecule has 3 atom stereocenters. The first-order valence-electron chi connectivity index (χ1n) is 13.9. The molecule has 40 heavy (non-hydrogen) atoms. The van der Waals surface area contributed by atoms with Gasteiger partial charge in [-0.2, -0.15) is 0 Å². The van der Waals surface area contributed by atoms with Crippen LogP contribution < -0.4 is 5.32 Å². The number of imide groups is 1. The van der Waals surface area contributed by atoms with Crippen LogP contribution in [-0.2, 0) is 30.3 Å². The number of esters is 1. The van der Waals surface area contributed by atoms with Crippen LogP contribution in [0.3, 0.4) is 0 Å². The topological polar surface area (TPSA) is 92.8 Å². The summed E-state index contributed by atoms with van der Waals surface area (Å²) in [6, 6.07) is 22.4. The highest BCUT2D eigenvalue weighted by Gasteiger charge is 2.63. The zero-order valence-electron chi connectivity index (χ0n) is 22.8. The van der Waals surface area contributed by atoms with E-state index in [1.165, 1.54) is 0 Å². The molecule has 7 rings (SSSR count). The summed E-state index contributed by atoms with van der Waals surface area (Å²) in [4.78, 5) is 55.2. The summed E-state index contributed by atoms with van der Waals surface area (Å²) in [5, 5.41) is 2.72. The number of hydrogen-bond donors (Lipinski definition) is 1. The number of ether oxygens (including phenoxy) is 1. The number of amides is 3. The van der Waals surface area contributed by atoms with Crippen molar-refractivity contribution in [2.24, 2.45) is 17.8 Å². The Morgan fingerprint density at radius 1 is 0.800 bits per heavy atom. The minimum absolute atomic E-state index is 0.252. The predicted molar refractivity (Wildman–Crippen MR) is 149 cm³/mol. The molecule has 3 aromatic carbocycles. The number of carbonyl (C=O) groups is 4. The molecule has 3 aromatic rings. The van der Waals surface area contributed by atoms with E-state index < -0.39 is 42.3 Å². The second-order valence-corrected chi connectivity index (χ2v) is 11.2. The summed E-state index contributed by atoms with van der Waals surface area (Å²) in [6.45, 7) is 5.10. The Bertz CT molecular complexity index is 1400. The molecule has 3 aliphatic carbocycles. The molecule has 0 aromatic heterocycles. The Kier molecular flexibility index (Phi) is 6.53. The van der Waals surface area contributed by atoms with Crippen molar-refractivity contribution in [3.63, 3.8) is 0 Å². The number of hydrogen-bond acceptors (Lipinski definition) is 5. The second-order valence-electron chi connectivity index (χ2n) is 11.2. The van der Waals surface area contributed by atoms with Gasteiger partial charge in [0.25, 0.3) is 5.91 Å². The van der Waals surface area contributed by atoms with Gasteiger partial charge in [0.05, 0.1) is 11.8 Å². The van der Waals surface area contributed by atoms with E-state index in [0.717, 1.165) is 39.1 Å². The first-order valence-corrected chi connectivity index (χ1v) is 13.9. The summed E-state index contributed by atoms with van der Waals surface area (Å²) in [7, 11) is 0. The third-order valence-corrected chi connectivity index (χ3v) is 8.63. The number of likely N-dealkylation sites (tertiary alicyclic amines) is 1. The van der Waals surface area contributed by atoms with E-state index in [0.29, 0.717) is 5.69 Å². The van der Waals surface area contributed by atoms with Gasteiger partial charge in [0.15, 0.2) is 6.61 Å². The lowest BCUT2D eigenvalue weighted by atomic mass is 9.55. The largest absolute Gasteiger partial charge is 0.454 e. The molecule has 1 aliphatic heterocycles. The second kappa shape index (κ2) is 10.0. The van der Waals surface area contributed by atoms with Crippen molar-refractivity contribution in [3.8, 4) is 0 Å². The average molecular weight is 537 g/mol. The van der Waals surface area contributed by atoms with Crippen molar-refractivity contribution in [3.05, 3.63) is 101 Å². The molecule has 204 valence electrons. The zero-order valence-corrected chi connectivity index (χ0v) is 22.8. The Morgan fingerprint density at radius 3 is 1.70 bits per heavy atom. The summed E-state index contributed by atoms with van der Waals surface area (Å²) in [5.41, 5.74) is 6.03. The molecule has 1 fully saturated rings. The fourth-order valence-corrected chi connectivity index (χ4v) is 6.89. The van der Waals surface area contributed by atoms with Gasteiger partial charge in [-0.1, -0.05) is 81.4 Å². The molecule has 4 aliphatic rings. The Balaban J connectivity index is 1.24. The van der Waals surface area contributed by atoms with Gasteiger partial charge in [0, 0.05) is 17.5 Å². The van der Waals surface area contributed by atoms with E-state index in [-0.39, 0.29) is 23.7 Å². The first-order chi connectivity index (χ1) is 19.3. The van der Waals surface area contributed by atoms with E-state index >= 15 is 0 Å². The minimum atomic E-state index is -1.12. The third kappa shape index (κ3) is 4.03. The Morgan fingerprint density at radius 2 is 1.27 bits per heavy atom. The van der Waals surface area contributed by atoms with Crippen LogP contribution in [0.1, 0.15) is 60.4 Å². The van der Waals surface area contributed by atoms with Gasteiger partial charge in [-0.25, -0.2) is 4.79 Å². The van der Waals surface area contributed by atoms with Crippen molar-refractivity contribution >= 4 is 29.4 Å². The van der Waals surface area contributed by atoms with Gasteiger partial charge in [0.1, 0.15) is 6.04 Å². The molecule has 0 unspecified atom stereocenters. The molecule has 7 heteroatoms. The van der Waals surface area contributed by atoms with Crippen LogP contribution in [0.15, 0.2) is 72.8 Å². The fourth-order valence-electron chi connectivity index (χ4n) is 6.89. The number of aryl methyl sites for hydroxylation is 1. The number of anilines is 1. The maximum Gasteiger partial charge on any atom is 0.330 e. The van der Waals surface area contributed by atoms with Crippen molar-refractivity contribution in [1.29, 1.82) is 0 Å². The predicted octanol–water partition coefficient (Wildman–Crippen LogP) is 4.65. The zero-order chi connectivity index (χ0) is 28.1. The van der Waals surface area contributed by atoms with Gasteiger partial charge in [0.2, 0.25) is 11.8 Å². The third-order valence-electron chi connectivity index (χ3n) is 8.63. The smallest absolute Gasteiger partial charge is 0.330 e. The molecule has 1 heterocycles. The van der Waals surface area contributed by atoms with Crippen LogP contribution >= 0.6 is 0 Å². The van der Waals surface area contributed by atoms with Crippen LogP contribution in [0.4, 0.5) is 5.69 Å².